The minimum atomic E-state index is -0.894. The second-order valence-electron chi connectivity index (χ2n) is 7.50. The average molecular weight is 487 g/mol. The van der Waals surface area contributed by atoms with E-state index in [4.69, 9.17) is 19.3 Å². The number of hydrogen-bond acceptors (Lipinski definition) is 10. The molecule has 0 radical (unpaired) electrons. The molecule has 188 valence electrons. The van der Waals surface area contributed by atoms with Crippen molar-refractivity contribution in [2.45, 2.75) is 19.3 Å². The van der Waals surface area contributed by atoms with Crippen LogP contribution in [0.25, 0.3) is 11.0 Å². The van der Waals surface area contributed by atoms with Crippen LogP contribution in [0.5, 0.6) is 23.1 Å². The zero-order valence-corrected chi connectivity index (χ0v) is 19.9. The van der Waals surface area contributed by atoms with Gasteiger partial charge in [0.2, 0.25) is 5.75 Å². The topological polar surface area (TPSA) is 163 Å². The third-order valence-electron chi connectivity index (χ3n) is 5.07. The first-order valence-corrected chi connectivity index (χ1v) is 11.1. The number of carboxylic acid groups (broad SMARTS) is 1. The fraction of sp³-hybridized carbons (Fsp3) is 0.391. The molecular weight excluding hydrogens is 456 g/mol. The number of aliphatic imine (C=N–C) groups is 1. The number of rotatable bonds is 14. The maximum Gasteiger partial charge on any atom is 0.303 e. The number of carboxylic acids is 1. The zero-order chi connectivity index (χ0) is 25.2. The largest absolute Gasteiger partial charge is 0.494 e. The third-order valence-corrected chi connectivity index (χ3v) is 5.07. The molecule has 3 aromatic rings. The molecule has 35 heavy (non-hydrogen) atoms. The van der Waals surface area contributed by atoms with Crippen molar-refractivity contribution < 1.29 is 29.2 Å². The fourth-order valence-electron chi connectivity index (χ4n) is 3.41. The molecule has 0 saturated heterocycles. The summed E-state index contributed by atoms with van der Waals surface area (Å²) in [6, 6.07) is 3.32. The van der Waals surface area contributed by atoms with Crippen LogP contribution < -0.4 is 24.8 Å². The number of aromatic hydroxyl groups is 1. The molecule has 0 saturated carbocycles. The predicted molar refractivity (Wildman–Crippen MR) is 132 cm³/mol. The van der Waals surface area contributed by atoms with Crippen molar-refractivity contribution in [2.24, 2.45) is 4.99 Å². The molecular formula is C23H30N6O6. The van der Waals surface area contributed by atoms with E-state index < -0.39 is 5.97 Å². The summed E-state index contributed by atoms with van der Waals surface area (Å²) in [5.41, 5.74) is 1.38. The summed E-state index contributed by atoms with van der Waals surface area (Å²) in [5, 5.41) is 26.3. The first-order valence-electron chi connectivity index (χ1n) is 11.1. The van der Waals surface area contributed by atoms with Gasteiger partial charge in [-0.1, -0.05) is 0 Å². The molecule has 1 aromatic carbocycles. The molecule has 0 amide bonds. The second-order valence-corrected chi connectivity index (χ2v) is 7.50. The van der Waals surface area contributed by atoms with Gasteiger partial charge in [-0.3, -0.25) is 9.79 Å². The van der Waals surface area contributed by atoms with Crippen molar-refractivity contribution in [3.63, 3.8) is 0 Å². The summed E-state index contributed by atoms with van der Waals surface area (Å²) >= 11 is 0. The normalized spacial score (nSPS) is 11.2. The van der Waals surface area contributed by atoms with Gasteiger partial charge in [-0.05, 0) is 26.4 Å². The van der Waals surface area contributed by atoms with E-state index in [1.807, 2.05) is 7.05 Å². The number of H-pyrrole nitrogens is 1. The summed E-state index contributed by atoms with van der Waals surface area (Å²) in [7, 11) is 4.87. The van der Waals surface area contributed by atoms with Gasteiger partial charge in [0.25, 0.3) is 0 Å². The number of fused-ring (bicyclic) bond motifs is 1. The van der Waals surface area contributed by atoms with Gasteiger partial charge in [0, 0.05) is 31.3 Å². The number of anilines is 1. The number of nitrogens with zero attached hydrogens (tertiary/aromatic N) is 3. The maximum absolute atomic E-state index is 10.8. The van der Waals surface area contributed by atoms with Crippen molar-refractivity contribution in [3.8, 4) is 23.1 Å². The van der Waals surface area contributed by atoms with Crippen molar-refractivity contribution in [2.75, 3.05) is 46.3 Å². The number of methoxy groups -OCH3 is 2. The first kappa shape index (κ1) is 25.6. The monoisotopic (exact) mass is 486 g/mol. The highest BCUT2D eigenvalue weighted by atomic mass is 16.5. The van der Waals surface area contributed by atoms with Crippen LogP contribution in [0.4, 0.5) is 11.5 Å². The van der Waals surface area contributed by atoms with E-state index in [-0.39, 0.29) is 18.9 Å². The summed E-state index contributed by atoms with van der Waals surface area (Å²) in [4.78, 5) is 26.6. The van der Waals surface area contributed by atoms with Crippen molar-refractivity contribution in [1.82, 2.24) is 20.3 Å². The van der Waals surface area contributed by atoms with Crippen molar-refractivity contribution in [1.29, 1.82) is 0 Å². The minimum absolute atomic E-state index is 0.00939. The number of aromatic amines is 1. The summed E-state index contributed by atoms with van der Waals surface area (Å²) in [6.45, 7) is 1.73. The van der Waals surface area contributed by atoms with Gasteiger partial charge in [0.15, 0.2) is 17.4 Å². The van der Waals surface area contributed by atoms with E-state index in [2.05, 4.69) is 30.6 Å². The van der Waals surface area contributed by atoms with E-state index >= 15 is 0 Å². The lowest BCUT2D eigenvalue weighted by molar-refractivity contribution is -0.137. The third kappa shape index (κ3) is 6.51. The summed E-state index contributed by atoms with van der Waals surface area (Å²) < 4.78 is 16.6. The van der Waals surface area contributed by atoms with Gasteiger partial charge in [-0.2, -0.15) is 0 Å². The lowest BCUT2D eigenvalue weighted by atomic mass is 10.2. The van der Waals surface area contributed by atoms with Crippen molar-refractivity contribution >= 4 is 34.7 Å². The molecule has 0 aliphatic heterocycles. The molecule has 0 aliphatic rings. The van der Waals surface area contributed by atoms with Crippen LogP contribution in [0.3, 0.4) is 0 Å². The van der Waals surface area contributed by atoms with Gasteiger partial charge < -0.3 is 40.0 Å². The zero-order valence-electron chi connectivity index (χ0n) is 19.9. The number of ether oxygens (including phenoxy) is 3. The van der Waals surface area contributed by atoms with Gasteiger partial charge in [-0.15, -0.1) is 0 Å². The second kappa shape index (κ2) is 12.4. The molecule has 0 bridgehead atoms. The highest BCUT2D eigenvalue weighted by Crippen LogP contribution is 2.41. The van der Waals surface area contributed by atoms with Gasteiger partial charge in [-0.25, -0.2) is 9.97 Å². The molecule has 0 unspecified atom stereocenters. The van der Waals surface area contributed by atoms with E-state index in [1.165, 1.54) is 26.8 Å². The van der Waals surface area contributed by atoms with Gasteiger partial charge >= 0.3 is 5.97 Å². The highest BCUT2D eigenvalue weighted by Gasteiger charge is 2.17. The Morgan fingerprint density at radius 1 is 1.17 bits per heavy atom. The molecule has 2 aromatic heterocycles. The summed E-state index contributed by atoms with van der Waals surface area (Å²) in [5.74, 6) is 0.733. The van der Waals surface area contributed by atoms with Crippen LogP contribution in [0.15, 0.2) is 23.5 Å². The summed E-state index contributed by atoms with van der Waals surface area (Å²) in [6.07, 6.45) is 4.14. The molecule has 2 heterocycles. The maximum atomic E-state index is 10.8. The quantitative estimate of drug-likeness (QED) is 0.169. The van der Waals surface area contributed by atoms with Crippen LogP contribution in [0.2, 0.25) is 0 Å². The Morgan fingerprint density at radius 2 is 1.97 bits per heavy atom. The molecule has 0 fully saturated rings. The number of hydrogen-bond donors (Lipinski definition) is 5. The molecule has 0 atom stereocenters. The lowest BCUT2D eigenvalue weighted by Gasteiger charge is -2.14. The number of aromatic nitrogens is 3. The Balaban J connectivity index is 1.90. The number of benzene rings is 1. The smallest absolute Gasteiger partial charge is 0.303 e. The molecule has 5 N–H and O–H groups in total. The number of carbonyl (C=O) groups is 1. The Hall–Kier alpha value is -4.06. The van der Waals surface area contributed by atoms with Crippen LogP contribution >= 0.6 is 0 Å². The molecule has 3 rings (SSSR count). The molecule has 12 heteroatoms. The van der Waals surface area contributed by atoms with Crippen LogP contribution in [0.1, 0.15) is 24.8 Å². The average Bonchev–Trinajstić information content (AvgIpc) is 3.18. The fourth-order valence-corrected chi connectivity index (χ4v) is 3.41. The van der Waals surface area contributed by atoms with Crippen molar-refractivity contribution in [3.05, 3.63) is 24.0 Å². The van der Waals surface area contributed by atoms with E-state index in [0.717, 1.165) is 13.0 Å². The Labute approximate surface area is 202 Å². The minimum Gasteiger partial charge on any atom is -0.494 e. The van der Waals surface area contributed by atoms with Crippen LogP contribution in [-0.2, 0) is 4.79 Å². The molecule has 12 nitrogen and oxygen atoms in total. The predicted octanol–water partition coefficient (Wildman–Crippen LogP) is 2.70. The Kier molecular flexibility index (Phi) is 9.07. The van der Waals surface area contributed by atoms with Crippen LogP contribution in [-0.4, -0.2) is 78.3 Å². The van der Waals surface area contributed by atoms with Crippen LogP contribution in [0, 0.1) is 0 Å². The number of nitrogens with one attached hydrogen (secondary N) is 3. The SMILES string of the molecule is CNCCCNc1ncnc2[nH]c(O)c(C=Nc3cc(OC)c(OC)c(OCCCC(=O)O)c3)c12. The standard InChI is InChI=1S/C23H30N6O6/c1-24-7-5-8-25-21-19-15(23(32)29-22(19)28-13-27-21)12-26-14-10-16(33-2)20(34-3)17(11-14)35-9-4-6-18(30)31/h10-13,24,32H,4-9H2,1-3H3,(H,30,31)(H2,25,27,28,29). The molecule has 0 spiro atoms. The van der Waals surface area contributed by atoms with Gasteiger partial charge in [0.05, 0.1) is 37.5 Å². The highest BCUT2D eigenvalue weighted by molar-refractivity contribution is 6.06. The number of aliphatic carboxylic acids is 1. The van der Waals surface area contributed by atoms with E-state index in [9.17, 15) is 9.90 Å². The first-order chi connectivity index (χ1) is 17.0. The van der Waals surface area contributed by atoms with E-state index in [1.54, 1.807) is 12.1 Å². The lowest BCUT2D eigenvalue weighted by Crippen LogP contribution is -2.13. The Bertz CT molecular complexity index is 1180. The Morgan fingerprint density at radius 3 is 2.69 bits per heavy atom. The van der Waals surface area contributed by atoms with Gasteiger partial charge in [0.1, 0.15) is 17.8 Å². The molecule has 0 aliphatic carbocycles. The van der Waals surface area contributed by atoms with E-state index in [0.29, 0.717) is 58.3 Å².